The van der Waals surface area contributed by atoms with Crippen LogP contribution in [0.1, 0.15) is 30.1 Å². The predicted octanol–water partition coefficient (Wildman–Crippen LogP) is 3.82. The number of ether oxygens (including phenoxy) is 2. The van der Waals surface area contributed by atoms with Crippen molar-refractivity contribution in [3.05, 3.63) is 47.5 Å². The highest BCUT2D eigenvalue weighted by molar-refractivity contribution is 6.12. The van der Waals surface area contributed by atoms with Crippen LogP contribution in [0.4, 0.5) is 0 Å². The molecule has 2 heterocycles. The van der Waals surface area contributed by atoms with Crippen molar-refractivity contribution in [3.63, 3.8) is 0 Å². The maximum atomic E-state index is 11.2. The number of hydrogen-bond acceptors (Lipinski definition) is 4. The van der Waals surface area contributed by atoms with Gasteiger partial charge in [-0.25, -0.2) is 0 Å². The largest absolute Gasteiger partial charge is 0.493 e. The first-order valence-electron chi connectivity index (χ1n) is 9.15. The Morgan fingerprint density at radius 2 is 1.85 bits per heavy atom. The van der Waals surface area contributed by atoms with E-state index in [0.29, 0.717) is 0 Å². The van der Waals surface area contributed by atoms with E-state index in [9.17, 15) is 5.11 Å². The van der Waals surface area contributed by atoms with Crippen LogP contribution in [0.25, 0.3) is 21.5 Å². The van der Waals surface area contributed by atoms with Gasteiger partial charge in [-0.3, -0.25) is 4.90 Å². The van der Waals surface area contributed by atoms with Gasteiger partial charge in [-0.15, -0.1) is 0 Å². The van der Waals surface area contributed by atoms with Crippen molar-refractivity contribution in [2.75, 3.05) is 20.8 Å². The zero-order valence-corrected chi connectivity index (χ0v) is 15.1. The Bertz CT molecular complexity index is 1010. The second-order valence-corrected chi connectivity index (χ2v) is 7.24. The molecule has 0 spiro atoms. The molecule has 1 radical (unpaired) electrons. The van der Waals surface area contributed by atoms with Crippen molar-refractivity contribution < 1.29 is 14.6 Å². The van der Waals surface area contributed by atoms with Gasteiger partial charge < -0.3 is 14.6 Å². The van der Waals surface area contributed by atoms with Crippen LogP contribution in [-0.4, -0.2) is 36.8 Å². The minimum atomic E-state index is -0.455. The van der Waals surface area contributed by atoms with E-state index in [4.69, 9.17) is 9.47 Å². The highest BCUT2D eigenvalue weighted by atomic mass is 16.5. The first-order valence-corrected chi connectivity index (χ1v) is 9.15. The van der Waals surface area contributed by atoms with Gasteiger partial charge in [0, 0.05) is 12.6 Å². The molecule has 3 aromatic carbocycles. The summed E-state index contributed by atoms with van der Waals surface area (Å²) < 4.78 is 11.1. The molecule has 2 unspecified atom stereocenters. The molecular formula is C22H22NO3. The summed E-state index contributed by atoms with van der Waals surface area (Å²) in [5.41, 5.74) is 2.29. The van der Waals surface area contributed by atoms with Crippen LogP contribution >= 0.6 is 0 Å². The van der Waals surface area contributed by atoms with Gasteiger partial charge in [-0.05, 0) is 76.3 Å². The molecule has 1 N–H and O–H groups in total. The van der Waals surface area contributed by atoms with Gasteiger partial charge in [0.2, 0.25) is 0 Å². The standard InChI is InChI=1S/C22H22NO3/c1-25-19-10-15-13-6-3-4-7-14(13)21-17(16(15)11-20(19)26-2)12-23-9-5-8-18(23)22(21)24/h4,6-7,10-11,18,22,24H,5,8-9,12H2,1-2H3. The summed E-state index contributed by atoms with van der Waals surface area (Å²) in [5, 5.41) is 15.7. The molecule has 3 aromatic rings. The van der Waals surface area contributed by atoms with Gasteiger partial charge in [0.25, 0.3) is 0 Å². The molecule has 4 heteroatoms. The number of aliphatic hydroxyl groups is 1. The summed E-state index contributed by atoms with van der Waals surface area (Å²) in [4.78, 5) is 2.42. The topological polar surface area (TPSA) is 41.9 Å². The highest BCUT2D eigenvalue weighted by Gasteiger charge is 2.38. The van der Waals surface area contributed by atoms with Crippen LogP contribution in [0, 0.1) is 6.07 Å². The van der Waals surface area contributed by atoms with E-state index < -0.39 is 6.10 Å². The zero-order chi connectivity index (χ0) is 17.8. The minimum absolute atomic E-state index is 0.229. The molecule has 2 aliphatic rings. The fourth-order valence-corrected chi connectivity index (χ4v) is 4.86. The maximum absolute atomic E-state index is 11.2. The highest BCUT2D eigenvalue weighted by Crippen LogP contribution is 2.46. The Balaban J connectivity index is 1.91. The molecule has 5 rings (SSSR count). The molecule has 2 atom stereocenters. The van der Waals surface area contributed by atoms with Gasteiger partial charge >= 0.3 is 0 Å². The lowest BCUT2D eigenvalue weighted by molar-refractivity contribution is 0.0552. The van der Waals surface area contributed by atoms with Crippen molar-refractivity contribution in [3.8, 4) is 11.5 Å². The number of benzene rings is 3. The molecule has 0 saturated carbocycles. The summed E-state index contributed by atoms with van der Waals surface area (Å²) >= 11 is 0. The van der Waals surface area contributed by atoms with Crippen molar-refractivity contribution in [1.29, 1.82) is 0 Å². The molecule has 133 valence electrons. The number of nitrogens with zero attached hydrogens (tertiary/aromatic N) is 1. The summed E-state index contributed by atoms with van der Waals surface area (Å²) in [5.74, 6) is 1.44. The monoisotopic (exact) mass is 348 g/mol. The van der Waals surface area contributed by atoms with Gasteiger partial charge in [0.05, 0.1) is 20.3 Å². The fraction of sp³-hybridized carbons (Fsp3) is 0.364. The molecule has 26 heavy (non-hydrogen) atoms. The number of methoxy groups -OCH3 is 2. The molecule has 0 amide bonds. The summed E-state index contributed by atoms with van der Waals surface area (Å²) in [7, 11) is 3.32. The van der Waals surface area contributed by atoms with E-state index in [1.165, 1.54) is 5.56 Å². The van der Waals surface area contributed by atoms with Crippen LogP contribution in [0.15, 0.2) is 30.3 Å². The molecule has 4 nitrogen and oxygen atoms in total. The SMILES string of the molecule is COc1cc2c3c(c4cc[c]cc4c2cc1OC)C(O)C1CCCN1C3. The normalized spacial score (nSPS) is 22.4. The molecule has 2 aliphatic heterocycles. The van der Waals surface area contributed by atoms with Crippen molar-refractivity contribution in [1.82, 2.24) is 4.90 Å². The fourth-order valence-electron chi connectivity index (χ4n) is 4.86. The minimum Gasteiger partial charge on any atom is -0.493 e. The van der Waals surface area contributed by atoms with Crippen molar-refractivity contribution in [2.24, 2.45) is 0 Å². The number of aliphatic hydroxyl groups excluding tert-OH is 1. The molecule has 1 fully saturated rings. The Hall–Kier alpha value is -2.30. The van der Waals surface area contributed by atoms with Crippen LogP contribution < -0.4 is 9.47 Å². The second kappa shape index (κ2) is 5.86. The van der Waals surface area contributed by atoms with Gasteiger partial charge in [-0.2, -0.15) is 0 Å². The quantitative estimate of drug-likeness (QED) is 0.715. The average Bonchev–Trinajstić information content (AvgIpc) is 3.16. The van der Waals surface area contributed by atoms with E-state index in [0.717, 1.165) is 64.5 Å². The third-order valence-corrected chi connectivity index (χ3v) is 6.05. The lowest BCUT2D eigenvalue weighted by Crippen LogP contribution is -2.39. The third kappa shape index (κ3) is 2.09. The number of fused-ring (bicyclic) bond motifs is 7. The molecule has 1 saturated heterocycles. The first kappa shape index (κ1) is 15.9. The zero-order valence-electron chi connectivity index (χ0n) is 15.1. The molecule has 0 bridgehead atoms. The summed E-state index contributed by atoms with van der Waals surface area (Å²) in [6.07, 6.45) is 1.75. The van der Waals surface area contributed by atoms with Crippen LogP contribution in [0.5, 0.6) is 11.5 Å². The van der Waals surface area contributed by atoms with Gasteiger partial charge in [0.1, 0.15) is 0 Å². The Morgan fingerprint density at radius 3 is 2.62 bits per heavy atom. The van der Waals surface area contributed by atoms with Crippen LogP contribution in [-0.2, 0) is 6.54 Å². The van der Waals surface area contributed by atoms with E-state index in [-0.39, 0.29) is 6.04 Å². The number of rotatable bonds is 2. The van der Waals surface area contributed by atoms with Crippen LogP contribution in [0.3, 0.4) is 0 Å². The van der Waals surface area contributed by atoms with Crippen LogP contribution in [0.2, 0.25) is 0 Å². The van der Waals surface area contributed by atoms with E-state index in [1.54, 1.807) is 14.2 Å². The maximum Gasteiger partial charge on any atom is 0.161 e. The Morgan fingerprint density at radius 1 is 1.08 bits per heavy atom. The molecule has 0 aliphatic carbocycles. The lowest BCUT2D eigenvalue weighted by atomic mass is 9.83. The first-order chi connectivity index (χ1) is 12.7. The lowest BCUT2D eigenvalue weighted by Gasteiger charge is -2.37. The Kier molecular flexibility index (Phi) is 3.59. The van der Waals surface area contributed by atoms with E-state index >= 15 is 0 Å². The predicted molar refractivity (Wildman–Crippen MR) is 102 cm³/mol. The molecule has 0 aromatic heterocycles. The summed E-state index contributed by atoms with van der Waals surface area (Å²) in [6.45, 7) is 1.92. The van der Waals surface area contributed by atoms with Gasteiger partial charge in [-0.1, -0.05) is 12.1 Å². The second-order valence-electron chi connectivity index (χ2n) is 7.24. The van der Waals surface area contributed by atoms with Gasteiger partial charge in [0.15, 0.2) is 11.5 Å². The van der Waals surface area contributed by atoms with Crippen molar-refractivity contribution in [2.45, 2.75) is 31.5 Å². The average molecular weight is 348 g/mol. The summed E-state index contributed by atoms with van der Waals surface area (Å²) in [6, 6.07) is 13.6. The number of hydrogen-bond donors (Lipinski definition) is 1. The van der Waals surface area contributed by atoms with E-state index in [2.05, 4.69) is 23.1 Å². The molecular weight excluding hydrogens is 326 g/mol. The van der Waals surface area contributed by atoms with E-state index in [1.807, 2.05) is 18.2 Å². The van der Waals surface area contributed by atoms with Crippen molar-refractivity contribution >= 4 is 21.5 Å². The smallest absolute Gasteiger partial charge is 0.161 e. The third-order valence-electron chi connectivity index (χ3n) is 6.05. The Labute approximate surface area is 152 Å².